The Labute approximate surface area is 120 Å². The van der Waals surface area contributed by atoms with E-state index in [1.807, 2.05) is 12.1 Å². The maximum atomic E-state index is 5.95. The second kappa shape index (κ2) is 5.58. The standard InChI is InChI=1S/C17H24N2O/c1-12-10-15(8-9-19(12)3)18-13(2)17-11-14-6-4-5-7-16(14)20-17/h4-7,11-13,15,18H,8-10H2,1-3H3. The number of furan rings is 1. The number of rotatable bonds is 3. The van der Waals surface area contributed by atoms with Gasteiger partial charge in [-0.25, -0.2) is 0 Å². The van der Waals surface area contributed by atoms with Crippen molar-refractivity contribution in [3.8, 4) is 0 Å². The van der Waals surface area contributed by atoms with Gasteiger partial charge >= 0.3 is 0 Å². The highest BCUT2D eigenvalue weighted by molar-refractivity contribution is 5.77. The van der Waals surface area contributed by atoms with Crippen LogP contribution in [0.15, 0.2) is 34.7 Å². The van der Waals surface area contributed by atoms with E-state index < -0.39 is 0 Å². The third-order valence-corrected chi connectivity index (χ3v) is 4.57. The van der Waals surface area contributed by atoms with Gasteiger partial charge in [0.2, 0.25) is 0 Å². The highest BCUT2D eigenvalue weighted by Gasteiger charge is 2.24. The van der Waals surface area contributed by atoms with E-state index in [4.69, 9.17) is 4.42 Å². The normalized spacial score (nSPS) is 25.9. The predicted octanol–water partition coefficient (Wildman–Crippen LogP) is 3.57. The fourth-order valence-electron chi connectivity index (χ4n) is 3.09. The molecule has 0 radical (unpaired) electrons. The van der Waals surface area contributed by atoms with Crippen molar-refractivity contribution in [3.63, 3.8) is 0 Å². The van der Waals surface area contributed by atoms with E-state index in [-0.39, 0.29) is 6.04 Å². The second-order valence-electron chi connectivity index (χ2n) is 6.13. The molecule has 3 atom stereocenters. The van der Waals surface area contributed by atoms with Crippen LogP contribution >= 0.6 is 0 Å². The smallest absolute Gasteiger partial charge is 0.134 e. The molecule has 1 aromatic heterocycles. The summed E-state index contributed by atoms with van der Waals surface area (Å²) in [5, 5.41) is 4.91. The number of fused-ring (bicyclic) bond motifs is 1. The quantitative estimate of drug-likeness (QED) is 0.926. The third-order valence-electron chi connectivity index (χ3n) is 4.57. The van der Waals surface area contributed by atoms with Gasteiger partial charge in [0.25, 0.3) is 0 Å². The molecule has 1 fully saturated rings. The van der Waals surface area contributed by atoms with Crippen LogP contribution in [-0.4, -0.2) is 30.6 Å². The Morgan fingerprint density at radius 2 is 2.15 bits per heavy atom. The Balaban J connectivity index is 1.68. The van der Waals surface area contributed by atoms with E-state index in [9.17, 15) is 0 Å². The van der Waals surface area contributed by atoms with Gasteiger partial charge in [-0.05, 0) is 52.4 Å². The average molecular weight is 272 g/mol. The molecule has 3 nitrogen and oxygen atoms in total. The maximum absolute atomic E-state index is 5.95. The van der Waals surface area contributed by atoms with Crippen molar-refractivity contribution in [1.82, 2.24) is 10.2 Å². The summed E-state index contributed by atoms with van der Waals surface area (Å²) in [5.74, 6) is 1.04. The molecule has 0 saturated carbocycles. The van der Waals surface area contributed by atoms with E-state index >= 15 is 0 Å². The molecule has 0 bridgehead atoms. The summed E-state index contributed by atoms with van der Waals surface area (Å²) in [6.45, 7) is 5.67. The third kappa shape index (κ3) is 2.74. The lowest BCUT2D eigenvalue weighted by atomic mass is 9.98. The van der Waals surface area contributed by atoms with Crippen molar-refractivity contribution in [2.75, 3.05) is 13.6 Å². The number of nitrogens with one attached hydrogen (secondary N) is 1. The predicted molar refractivity (Wildman–Crippen MR) is 82.9 cm³/mol. The fourth-order valence-corrected chi connectivity index (χ4v) is 3.09. The van der Waals surface area contributed by atoms with Crippen LogP contribution in [0.2, 0.25) is 0 Å². The van der Waals surface area contributed by atoms with Crippen LogP contribution in [0.1, 0.15) is 38.5 Å². The van der Waals surface area contributed by atoms with Gasteiger partial charge in [-0.15, -0.1) is 0 Å². The number of hydrogen-bond acceptors (Lipinski definition) is 3. The molecular weight excluding hydrogens is 248 g/mol. The van der Waals surface area contributed by atoms with E-state index in [1.165, 1.54) is 24.8 Å². The highest BCUT2D eigenvalue weighted by atomic mass is 16.3. The Kier molecular flexibility index (Phi) is 3.81. The fraction of sp³-hybridized carbons (Fsp3) is 0.529. The first kappa shape index (κ1) is 13.7. The molecule has 1 aliphatic rings. The van der Waals surface area contributed by atoms with Crippen molar-refractivity contribution in [2.45, 2.75) is 44.8 Å². The minimum atomic E-state index is 0.267. The molecular formula is C17H24N2O. The van der Waals surface area contributed by atoms with Crippen LogP contribution in [0, 0.1) is 0 Å². The molecule has 2 aromatic rings. The van der Waals surface area contributed by atoms with Gasteiger partial charge in [0.1, 0.15) is 11.3 Å². The molecule has 20 heavy (non-hydrogen) atoms. The zero-order valence-electron chi connectivity index (χ0n) is 12.6. The van der Waals surface area contributed by atoms with Gasteiger partial charge < -0.3 is 14.6 Å². The van der Waals surface area contributed by atoms with Crippen LogP contribution in [0.3, 0.4) is 0 Å². The minimum Gasteiger partial charge on any atom is -0.459 e. The molecule has 108 valence electrons. The summed E-state index contributed by atoms with van der Waals surface area (Å²) >= 11 is 0. The first-order valence-electron chi connectivity index (χ1n) is 7.58. The number of para-hydroxylation sites is 1. The van der Waals surface area contributed by atoms with Crippen LogP contribution in [0.5, 0.6) is 0 Å². The lowest BCUT2D eigenvalue weighted by Gasteiger charge is -2.36. The first-order valence-corrected chi connectivity index (χ1v) is 7.58. The summed E-state index contributed by atoms with van der Waals surface area (Å²) in [6, 6.07) is 11.9. The van der Waals surface area contributed by atoms with E-state index in [0.717, 1.165) is 11.3 Å². The molecule has 3 rings (SSSR count). The van der Waals surface area contributed by atoms with E-state index in [0.29, 0.717) is 12.1 Å². The molecule has 2 heterocycles. The molecule has 3 unspecified atom stereocenters. The molecule has 0 aliphatic carbocycles. The molecule has 0 spiro atoms. The Bertz CT molecular complexity index is 544. The topological polar surface area (TPSA) is 28.4 Å². The lowest BCUT2D eigenvalue weighted by molar-refractivity contribution is 0.161. The lowest BCUT2D eigenvalue weighted by Crippen LogP contribution is -2.46. The van der Waals surface area contributed by atoms with Crippen LogP contribution in [-0.2, 0) is 0 Å². The Morgan fingerprint density at radius 3 is 2.90 bits per heavy atom. The molecule has 1 saturated heterocycles. The SMILES string of the molecule is CC(NC1CCN(C)C(C)C1)c1cc2ccccc2o1. The number of likely N-dealkylation sites (tertiary alicyclic amines) is 1. The summed E-state index contributed by atoms with van der Waals surface area (Å²) in [7, 11) is 2.21. The van der Waals surface area contributed by atoms with Crippen molar-refractivity contribution in [1.29, 1.82) is 0 Å². The molecule has 1 aromatic carbocycles. The summed E-state index contributed by atoms with van der Waals surface area (Å²) in [6.07, 6.45) is 2.42. The van der Waals surface area contributed by atoms with E-state index in [1.54, 1.807) is 0 Å². The van der Waals surface area contributed by atoms with Crippen molar-refractivity contribution >= 4 is 11.0 Å². The zero-order valence-corrected chi connectivity index (χ0v) is 12.6. The van der Waals surface area contributed by atoms with E-state index in [2.05, 4.69) is 49.3 Å². The number of benzene rings is 1. The summed E-state index contributed by atoms with van der Waals surface area (Å²) in [5.41, 5.74) is 0.980. The minimum absolute atomic E-state index is 0.267. The first-order chi connectivity index (χ1) is 9.63. The van der Waals surface area contributed by atoms with Gasteiger partial charge in [-0.3, -0.25) is 0 Å². The summed E-state index contributed by atoms with van der Waals surface area (Å²) < 4.78 is 5.95. The second-order valence-corrected chi connectivity index (χ2v) is 6.13. The number of nitrogens with zero attached hydrogens (tertiary/aromatic N) is 1. The molecule has 3 heteroatoms. The number of hydrogen-bond donors (Lipinski definition) is 1. The average Bonchev–Trinajstić information content (AvgIpc) is 2.87. The molecule has 1 aliphatic heterocycles. The molecule has 0 amide bonds. The van der Waals surface area contributed by atoms with Gasteiger partial charge in [0, 0.05) is 17.5 Å². The summed E-state index contributed by atoms with van der Waals surface area (Å²) in [4.78, 5) is 2.43. The molecule has 1 N–H and O–H groups in total. The van der Waals surface area contributed by atoms with Gasteiger partial charge in [0.05, 0.1) is 6.04 Å². The Hall–Kier alpha value is -1.32. The zero-order chi connectivity index (χ0) is 14.1. The van der Waals surface area contributed by atoms with Gasteiger partial charge in [-0.1, -0.05) is 18.2 Å². The number of piperidine rings is 1. The van der Waals surface area contributed by atoms with Gasteiger partial charge in [-0.2, -0.15) is 0 Å². The monoisotopic (exact) mass is 272 g/mol. The van der Waals surface area contributed by atoms with Crippen LogP contribution < -0.4 is 5.32 Å². The largest absolute Gasteiger partial charge is 0.459 e. The Morgan fingerprint density at radius 1 is 1.35 bits per heavy atom. The van der Waals surface area contributed by atoms with Crippen LogP contribution in [0.25, 0.3) is 11.0 Å². The van der Waals surface area contributed by atoms with Crippen molar-refractivity contribution in [3.05, 3.63) is 36.1 Å². The highest BCUT2D eigenvalue weighted by Crippen LogP contribution is 2.25. The van der Waals surface area contributed by atoms with Crippen molar-refractivity contribution in [2.24, 2.45) is 0 Å². The van der Waals surface area contributed by atoms with Gasteiger partial charge in [0.15, 0.2) is 0 Å². The maximum Gasteiger partial charge on any atom is 0.134 e. The van der Waals surface area contributed by atoms with Crippen molar-refractivity contribution < 1.29 is 4.42 Å². The van der Waals surface area contributed by atoms with Crippen LogP contribution in [0.4, 0.5) is 0 Å².